The molecule has 0 bridgehead atoms. The highest BCUT2D eigenvalue weighted by atomic mass is 16.6. The summed E-state index contributed by atoms with van der Waals surface area (Å²) in [4.78, 5) is 38.0. The summed E-state index contributed by atoms with van der Waals surface area (Å²) < 4.78 is 16.8. The van der Waals surface area contributed by atoms with Crippen molar-refractivity contribution in [2.24, 2.45) is 0 Å². The summed E-state index contributed by atoms with van der Waals surface area (Å²) in [6.45, 7) is 6.51. The second-order valence-electron chi connectivity index (χ2n) is 17.4. The van der Waals surface area contributed by atoms with E-state index < -0.39 is 6.10 Å². The summed E-state index contributed by atoms with van der Waals surface area (Å²) in [5.41, 5.74) is 0. The third kappa shape index (κ3) is 48.3. The number of carbonyl (C=O) groups excluding carboxylic acids is 3. The van der Waals surface area contributed by atoms with Crippen LogP contribution in [0, 0.1) is 0 Å². The van der Waals surface area contributed by atoms with Crippen molar-refractivity contribution in [1.29, 1.82) is 0 Å². The molecule has 0 radical (unpaired) electrons. The van der Waals surface area contributed by atoms with Crippen LogP contribution in [-0.2, 0) is 28.6 Å². The summed E-state index contributed by atoms with van der Waals surface area (Å²) in [6.07, 6.45) is 59.5. The summed E-state index contributed by atoms with van der Waals surface area (Å²) >= 11 is 0. The van der Waals surface area contributed by atoms with E-state index in [1.54, 1.807) is 0 Å². The average Bonchev–Trinajstić information content (AvgIpc) is 3.26. The third-order valence-corrected chi connectivity index (χ3v) is 11.3. The molecule has 0 unspecified atom stereocenters. The number of unbranched alkanes of at least 4 members (excludes halogenated alkanes) is 28. The van der Waals surface area contributed by atoms with Crippen molar-refractivity contribution in [3.8, 4) is 0 Å². The minimum absolute atomic E-state index is 0.0824. The van der Waals surface area contributed by atoms with E-state index in [-0.39, 0.29) is 31.1 Å². The number of allylic oxidation sites excluding steroid dienone is 8. The van der Waals surface area contributed by atoms with Crippen molar-refractivity contribution >= 4 is 17.9 Å². The number of rotatable bonds is 47. The van der Waals surface area contributed by atoms with Crippen LogP contribution in [0.15, 0.2) is 48.6 Å². The number of hydrogen-bond acceptors (Lipinski definition) is 6. The van der Waals surface area contributed by atoms with Gasteiger partial charge in [0.05, 0.1) is 0 Å². The minimum Gasteiger partial charge on any atom is -0.462 e. The zero-order chi connectivity index (χ0) is 44.4. The molecule has 1 atom stereocenters. The molecule has 0 saturated heterocycles. The van der Waals surface area contributed by atoms with Crippen molar-refractivity contribution in [2.45, 2.75) is 271 Å². The summed E-state index contributed by atoms with van der Waals surface area (Å²) in [7, 11) is 0. The Balaban J connectivity index is 4.41. The van der Waals surface area contributed by atoms with E-state index in [2.05, 4.69) is 69.4 Å². The Bertz CT molecular complexity index is 1070. The molecule has 0 heterocycles. The molecule has 0 aromatic carbocycles. The maximum Gasteiger partial charge on any atom is 0.306 e. The van der Waals surface area contributed by atoms with Crippen LogP contribution in [0.25, 0.3) is 0 Å². The first-order valence-electron chi connectivity index (χ1n) is 26.1. The monoisotopic (exact) mass is 855 g/mol. The topological polar surface area (TPSA) is 78.9 Å². The van der Waals surface area contributed by atoms with Gasteiger partial charge in [0.2, 0.25) is 0 Å². The molecule has 354 valence electrons. The Morgan fingerprint density at radius 1 is 0.344 bits per heavy atom. The normalized spacial score (nSPS) is 12.4. The summed E-state index contributed by atoms with van der Waals surface area (Å²) in [5.74, 6) is -0.915. The molecule has 6 heteroatoms. The van der Waals surface area contributed by atoms with Crippen molar-refractivity contribution in [3.63, 3.8) is 0 Å². The zero-order valence-corrected chi connectivity index (χ0v) is 40.4. The molecule has 0 spiro atoms. The largest absolute Gasteiger partial charge is 0.462 e. The molecule has 0 aliphatic heterocycles. The first-order chi connectivity index (χ1) is 30.0. The van der Waals surface area contributed by atoms with Crippen LogP contribution >= 0.6 is 0 Å². The lowest BCUT2D eigenvalue weighted by atomic mass is 10.0. The van der Waals surface area contributed by atoms with E-state index >= 15 is 0 Å². The van der Waals surface area contributed by atoms with Gasteiger partial charge in [-0.3, -0.25) is 14.4 Å². The lowest BCUT2D eigenvalue weighted by molar-refractivity contribution is -0.167. The fourth-order valence-electron chi connectivity index (χ4n) is 7.43. The van der Waals surface area contributed by atoms with Gasteiger partial charge in [0, 0.05) is 19.3 Å². The van der Waals surface area contributed by atoms with E-state index in [0.29, 0.717) is 19.3 Å². The van der Waals surface area contributed by atoms with Crippen LogP contribution in [0.4, 0.5) is 0 Å². The number of ether oxygens (including phenoxy) is 3. The standard InChI is InChI=1S/C55H98O6/c1-4-7-10-13-16-19-22-25-27-30-33-36-39-42-45-48-54(57)60-51-52(50-59-53(56)47-44-41-38-35-32-29-24-21-18-15-12-9-6-3)61-55(58)49-46-43-40-37-34-31-28-26-23-20-17-14-11-8-5-2/h7,10,16,19,25,27,33,36,52H,4-6,8-9,11-15,17-18,20-24,26,28-32,34-35,37-51H2,1-3H3/b10-7-,19-16-,27-25-,36-33-/t52-/m1/s1. The van der Waals surface area contributed by atoms with E-state index in [0.717, 1.165) is 83.5 Å². The Hall–Kier alpha value is -2.63. The van der Waals surface area contributed by atoms with Gasteiger partial charge in [-0.1, -0.05) is 236 Å². The molecule has 6 nitrogen and oxygen atoms in total. The summed E-state index contributed by atoms with van der Waals surface area (Å²) in [6, 6.07) is 0. The fourth-order valence-corrected chi connectivity index (χ4v) is 7.43. The maximum absolute atomic E-state index is 12.8. The van der Waals surface area contributed by atoms with Gasteiger partial charge in [-0.05, 0) is 57.8 Å². The van der Waals surface area contributed by atoms with Crippen molar-refractivity contribution in [2.75, 3.05) is 13.2 Å². The molecule has 0 aliphatic carbocycles. The Morgan fingerprint density at radius 2 is 0.639 bits per heavy atom. The quantitative estimate of drug-likeness (QED) is 0.0263. The van der Waals surface area contributed by atoms with Gasteiger partial charge in [-0.2, -0.15) is 0 Å². The predicted octanol–water partition coefficient (Wildman–Crippen LogP) is 17.1. The van der Waals surface area contributed by atoms with Crippen LogP contribution in [-0.4, -0.2) is 37.2 Å². The van der Waals surface area contributed by atoms with Crippen LogP contribution in [0.2, 0.25) is 0 Å². The smallest absolute Gasteiger partial charge is 0.306 e. The number of esters is 3. The fraction of sp³-hybridized carbons (Fsp3) is 0.800. The third-order valence-electron chi connectivity index (χ3n) is 11.3. The first-order valence-corrected chi connectivity index (χ1v) is 26.1. The van der Waals surface area contributed by atoms with Gasteiger partial charge < -0.3 is 14.2 Å². The Labute approximate surface area is 378 Å². The van der Waals surface area contributed by atoms with Gasteiger partial charge in [-0.15, -0.1) is 0 Å². The van der Waals surface area contributed by atoms with Crippen LogP contribution in [0.3, 0.4) is 0 Å². The molecule has 0 N–H and O–H groups in total. The van der Waals surface area contributed by atoms with Gasteiger partial charge in [-0.25, -0.2) is 0 Å². The second-order valence-corrected chi connectivity index (χ2v) is 17.4. The summed E-state index contributed by atoms with van der Waals surface area (Å²) in [5, 5.41) is 0. The lowest BCUT2D eigenvalue weighted by Gasteiger charge is -2.18. The molecule has 0 aromatic heterocycles. The SMILES string of the molecule is CC/C=C\C/C=C\C/C=C\C/C=C\CCCCC(=O)OC[C@@H](COC(=O)CCCCCCCCCCCCCCC)OC(=O)CCCCCCCCCCCCCCCCC. The van der Waals surface area contributed by atoms with E-state index in [1.165, 1.54) is 141 Å². The second kappa shape index (κ2) is 50.0. The first kappa shape index (κ1) is 58.4. The zero-order valence-electron chi connectivity index (χ0n) is 40.4. The highest BCUT2D eigenvalue weighted by molar-refractivity contribution is 5.71. The van der Waals surface area contributed by atoms with Crippen LogP contribution in [0.5, 0.6) is 0 Å². The molecule has 0 amide bonds. The van der Waals surface area contributed by atoms with E-state index in [1.807, 2.05) is 0 Å². The molecule has 0 aromatic rings. The molecule has 0 rings (SSSR count). The van der Waals surface area contributed by atoms with E-state index in [9.17, 15) is 14.4 Å². The highest BCUT2D eigenvalue weighted by Crippen LogP contribution is 2.16. The molecular weight excluding hydrogens is 757 g/mol. The van der Waals surface area contributed by atoms with Crippen LogP contribution < -0.4 is 0 Å². The lowest BCUT2D eigenvalue weighted by Crippen LogP contribution is -2.30. The molecule has 0 saturated carbocycles. The Morgan fingerprint density at radius 3 is 1.00 bits per heavy atom. The van der Waals surface area contributed by atoms with E-state index in [4.69, 9.17) is 14.2 Å². The van der Waals surface area contributed by atoms with Crippen LogP contribution in [0.1, 0.15) is 265 Å². The van der Waals surface area contributed by atoms with Crippen molar-refractivity contribution in [1.82, 2.24) is 0 Å². The van der Waals surface area contributed by atoms with Gasteiger partial charge >= 0.3 is 17.9 Å². The highest BCUT2D eigenvalue weighted by Gasteiger charge is 2.19. The van der Waals surface area contributed by atoms with Crippen molar-refractivity contribution < 1.29 is 28.6 Å². The van der Waals surface area contributed by atoms with Gasteiger partial charge in [0.15, 0.2) is 6.10 Å². The molecule has 61 heavy (non-hydrogen) atoms. The minimum atomic E-state index is -0.784. The number of carbonyl (C=O) groups is 3. The number of hydrogen-bond donors (Lipinski definition) is 0. The average molecular weight is 855 g/mol. The predicted molar refractivity (Wildman–Crippen MR) is 261 cm³/mol. The molecule has 0 aliphatic rings. The maximum atomic E-state index is 12.8. The molecule has 0 fully saturated rings. The van der Waals surface area contributed by atoms with Gasteiger partial charge in [0.25, 0.3) is 0 Å². The Kier molecular flexibility index (Phi) is 47.9. The van der Waals surface area contributed by atoms with Gasteiger partial charge in [0.1, 0.15) is 13.2 Å². The van der Waals surface area contributed by atoms with Crippen molar-refractivity contribution in [3.05, 3.63) is 48.6 Å². The molecular formula is C55H98O6.